The molecule has 1 heterocycles. The molecule has 2 amide bonds. The zero-order chi connectivity index (χ0) is 17.4. The molecule has 0 aliphatic carbocycles. The Morgan fingerprint density at radius 1 is 0.957 bits per heavy atom. The van der Waals surface area contributed by atoms with Gasteiger partial charge in [-0.25, -0.2) is 4.79 Å². The van der Waals surface area contributed by atoms with Gasteiger partial charge >= 0.3 is 6.03 Å². The van der Waals surface area contributed by atoms with E-state index in [1.165, 1.54) is 0 Å². The Labute approximate surface area is 140 Å². The van der Waals surface area contributed by atoms with Crippen molar-refractivity contribution in [2.75, 3.05) is 4.90 Å². The summed E-state index contributed by atoms with van der Waals surface area (Å²) in [6, 6.07) is 15.5. The Hall–Kier alpha value is -2.29. The molecule has 3 rings (SSSR count). The summed E-state index contributed by atoms with van der Waals surface area (Å²) < 4.78 is 0. The van der Waals surface area contributed by atoms with Gasteiger partial charge in [-0.2, -0.15) is 0 Å². The Balaban J connectivity index is 0.000000615. The molecular formula is C20H28N2O. The van der Waals surface area contributed by atoms with Crippen molar-refractivity contribution in [1.29, 1.82) is 0 Å². The van der Waals surface area contributed by atoms with Gasteiger partial charge in [0, 0.05) is 0 Å². The molecule has 0 saturated carbocycles. The number of primary amides is 1. The minimum absolute atomic E-state index is 0.363. The lowest BCUT2D eigenvalue weighted by Gasteiger charge is -2.22. The molecule has 0 spiro atoms. The second kappa shape index (κ2) is 8.99. The number of rotatable bonds is 0. The van der Waals surface area contributed by atoms with Gasteiger partial charge in [-0.15, -0.1) is 0 Å². The Morgan fingerprint density at radius 3 is 2.09 bits per heavy atom. The number of nitrogens with zero attached hydrogens (tertiary/aromatic N) is 1. The minimum Gasteiger partial charge on any atom is -0.351 e. The van der Waals surface area contributed by atoms with Crippen LogP contribution in [0, 0.1) is 0 Å². The van der Waals surface area contributed by atoms with Crippen LogP contribution >= 0.6 is 0 Å². The zero-order valence-electron chi connectivity index (χ0n) is 14.8. The van der Waals surface area contributed by atoms with E-state index in [4.69, 9.17) is 5.73 Å². The van der Waals surface area contributed by atoms with Crippen LogP contribution in [0.2, 0.25) is 0 Å². The third kappa shape index (κ3) is 3.92. The largest absolute Gasteiger partial charge is 0.351 e. The summed E-state index contributed by atoms with van der Waals surface area (Å²) >= 11 is 0. The number of carbonyl (C=O) groups excluding carboxylic acids is 1. The molecule has 0 radical (unpaired) electrons. The molecule has 124 valence electrons. The highest BCUT2D eigenvalue weighted by atomic mass is 16.2. The van der Waals surface area contributed by atoms with E-state index < -0.39 is 6.03 Å². The van der Waals surface area contributed by atoms with Crippen molar-refractivity contribution >= 4 is 17.4 Å². The Kier molecular flexibility index (Phi) is 7.33. The number of hydrogen-bond acceptors (Lipinski definition) is 1. The van der Waals surface area contributed by atoms with Crippen molar-refractivity contribution in [2.24, 2.45) is 5.73 Å². The standard InChI is InChI=1S/C16H16N2O.2C2H6/c1-11-10-12-6-2-4-8-14(12)18(16(17)19)15-9-5-3-7-13(11)15;2*1-2/h2-9,11H,10H2,1H3,(H2,17,19);2*1-2H3. The van der Waals surface area contributed by atoms with Crippen molar-refractivity contribution in [2.45, 2.75) is 47.0 Å². The first-order chi connectivity index (χ1) is 11.2. The van der Waals surface area contributed by atoms with Crippen LogP contribution in [0.15, 0.2) is 48.5 Å². The van der Waals surface area contributed by atoms with Crippen LogP contribution < -0.4 is 10.6 Å². The predicted octanol–water partition coefficient (Wildman–Crippen LogP) is 5.62. The van der Waals surface area contributed by atoms with Gasteiger partial charge in [0.15, 0.2) is 0 Å². The van der Waals surface area contributed by atoms with Crippen molar-refractivity contribution < 1.29 is 4.79 Å². The van der Waals surface area contributed by atoms with Crippen molar-refractivity contribution in [3.05, 3.63) is 59.7 Å². The minimum atomic E-state index is -0.436. The predicted molar refractivity (Wildman–Crippen MR) is 99.4 cm³/mol. The number of nitrogens with two attached hydrogens (primary N) is 1. The molecule has 2 aromatic carbocycles. The maximum Gasteiger partial charge on any atom is 0.323 e. The van der Waals surface area contributed by atoms with Gasteiger partial charge < -0.3 is 5.73 Å². The first kappa shape index (κ1) is 18.8. The maximum atomic E-state index is 11.9. The summed E-state index contributed by atoms with van der Waals surface area (Å²) in [5.41, 5.74) is 9.71. The van der Waals surface area contributed by atoms with Crippen LogP contribution in [0.5, 0.6) is 0 Å². The molecule has 2 N–H and O–H groups in total. The van der Waals surface area contributed by atoms with Crippen LogP contribution in [-0.4, -0.2) is 6.03 Å². The van der Waals surface area contributed by atoms with E-state index in [-0.39, 0.29) is 0 Å². The van der Waals surface area contributed by atoms with E-state index in [1.54, 1.807) is 4.90 Å². The molecule has 1 aliphatic heterocycles. The monoisotopic (exact) mass is 312 g/mol. The lowest BCUT2D eigenvalue weighted by atomic mass is 9.94. The van der Waals surface area contributed by atoms with E-state index in [1.807, 2.05) is 64.1 Å². The molecular weight excluding hydrogens is 284 g/mol. The molecule has 1 aliphatic rings. The van der Waals surface area contributed by atoms with Crippen LogP contribution in [0.25, 0.3) is 0 Å². The number of benzene rings is 2. The van der Waals surface area contributed by atoms with Crippen molar-refractivity contribution in [3.8, 4) is 0 Å². The summed E-state index contributed by atoms with van der Waals surface area (Å²) in [6.45, 7) is 10.2. The van der Waals surface area contributed by atoms with E-state index in [2.05, 4.69) is 19.1 Å². The fraction of sp³-hybridized carbons (Fsp3) is 0.350. The van der Waals surface area contributed by atoms with Crippen molar-refractivity contribution in [3.63, 3.8) is 0 Å². The molecule has 0 aromatic heterocycles. The average Bonchev–Trinajstić information content (AvgIpc) is 2.72. The van der Waals surface area contributed by atoms with Crippen LogP contribution in [0.1, 0.15) is 51.7 Å². The maximum absolute atomic E-state index is 11.9. The van der Waals surface area contributed by atoms with Crippen LogP contribution in [0.4, 0.5) is 16.2 Å². The summed E-state index contributed by atoms with van der Waals surface area (Å²) in [6.07, 6.45) is 0.914. The highest BCUT2D eigenvalue weighted by Crippen LogP contribution is 2.40. The highest BCUT2D eigenvalue weighted by Gasteiger charge is 2.26. The second-order valence-electron chi connectivity index (χ2n) is 4.97. The van der Waals surface area contributed by atoms with E-state index in [9.17, 15) is 4.79 Å². The number of carbonyl (C=O) groups is 1. The van der Waals surface area contributed by atoms with Gasteiger partial charge in [0.05, 0.1) is 11.4 Å². The summed E-state index contributed by atoms with van der Waals surface area (Å²) in [4.78, 5) is 13.5. The SMILES string of the molecule is CC.CC.CC1Cc2ccccc2N(C(N)=O)c2ccccc21. The molecule has 2 aromatic rings. The van der Waals surface area contributed by atoms with E-state index >= 15 is 0 Å². The molecule has 1 unspecified atom stereocenters. The summed E-state index contributed by atoms with van der Waals surface area (Å²) in [5, 5.41) is 0. The quantitative estimate of drug-likeness (QED) is 0.674. The Morgan fingerprint density at radius 2 is 1.48 bits per heavy atom. The van der Waals surface area contributed by atoms with Gasteiger partial charge in [0.25, 0.3) is 0 Å². The number of amides is 2. The normalized spacial score (nSPS) is 14.8. The first-order valence-corrected chi connectivity index (χ1v) is 8.45. The van der Waals surface area contributed by atoms with Crippen LogP contribution in [-0.2, 0) is 6.42 Å². The molecule has 23 heavy (non-hydrogen) atoms. The van der Waals surface area contributed by atoms with Gasteiger partial charge in [0.2, 0.25) is 0 Å². The molecule has 3 nitrogen and oxygen atoms in total. The molecule has 3 heteroatoms. The molecule has 1 atom stereocenters. The number of urea groups is 1. The van der Waals surface area contributed by atoms with E-state index in [0.717, 1.165) is 28.9 Å². The molecule has 0 saturated heterocycles. The lowest BCUT2D eigenvalue weighted by Crippen LogP contribution is -2.32. The smallest absolute Gasteiger partial charge is 0.323 e. The van der Waals surface area contributed by atoms with Gasteiger partial charge in [-0.3, -0.25) is 4.90 Å². The van der Waals surface area contributed by atoms with Crippen molar-refractivity contribution in [1.82, 2.24) is 0 Å². The number of hydrogen-bond donors (Lipinski definition) is 1. The Bertz CT molecular complexity index is 637. The third-order valence-corrected chi connectivity index (χ3v) is 3.69. The molecule has 0 bridgehead atoms. The fourth-order valence-electron chi connectivity index (χ4n) is 2.82. The van der Waals surface area contributed by atoms with Gasteiger partial charge in [-0.05, 0) is 35.6 Å². The van der Waals surface area contributed by atoms with E-state index in [0.29, 0.717) is 5.92 Å². The van der Waals surface area contributed by atoms with Crippen LogP contribution in [0.3, 0.4) is 0 Å². The summed E-state index contributed by atoms with van der Waals surface area (Å²) in [7, 11) is 0. The number of anilines is 2. The molecule has 0 fully saturated rings. The summed E-state index contributed by atoms with van der Waals surface area (Å²) in [5.74, 6) is 0.363. The fourth-order valence-corrected chi connectivity index (χ4v) is 2.82. The van der Waals surface area contributed by atoms with Gasteiger partial charge in [-0.1, -0.05) is 71.0 Å². The highest BCUT2D eigenvalue weighted by molar-refractivity contribution is 6.00. The second-order valence-corrected chi connectivity index (χ2v) is 4.97. The topological polar surface area (TPSA) is 46.3 Å². The average molecular weight is 312 g/mol. The number of fused-ring (bicyclic) bond motifs is 2. The number of para-hydroxylation sites is 2. The first-order valence-electron chi connectivity index (χ1n) is 8.45. The zero-order valence-corrected chi connectivity index (χ0v) is 14.8. The third-order valence-electron chi connectivity index (χ3n) is 3.69. The van der Waals surface area contributed by atoms with Gasteiger partial charge in [0.1, 0.15) is 0 Å². The lowest BCUT2D eigenvalue weighted by molar-refractivity contribution is 0.256.